The van der Waals surface area contributed by atoms with E-state index in [0.717, 1.165) is 54.4 Å². The molecule has 8 heteroatoms. The third-order valence-corrected chi connectivity index (χ3v) is 6.09. The number of carbonyl (C=O) groups is 1. The molecule has 1 saturated heterocycles. The lowest BCUT2D eigenvalue weighted by atomic mass is 10.0. The molecule has 4 aromatic rings. The van der Waals surface area contributed by atoms with Crippen LogP contribution in [0.1, 0.15) is 18.5 Å². The van der Waals surface area contributed by atoms with Gasteiger partial charge in [-0.05, 0) is 42.4 Å². The molecule has 1 atom stereocenters. The summed E-state index contributed by atoms with van der Waals surface area (Å²) in [6.45, 7) is 5.79. The first-order valence-corrected chi connectivity index (χ1v) is 11.2. The summed E-state index contributed by atoms with van der Waals surface area (Å²) < 4.78 is 0. The van der Waals surface area contributed by atoms with Crippen LogP contribution < -0.4 is 15.5 Å². The second-order valence-corrected chi connectivity index (χ2v) is 8.10. The second kappa shape index (κ2) is 9.30. The quantitative estimate of drug-likeness (QED) is 0.425. The van der Waals surface area contributed by atoms with E-state index in [0.29, 0.717) is 0 Å². The zero-order valence-corrected chi connectivity index (χ0v) is 18.5. The maximum atomic E-state index is 12.5. The lowest BCUT2D eigenvalue weighted by molar-refractivity contribution is 0.187. The van der Waals surface area contributed by atoms with E-state index >= 15 is 0 Å². The van der Waals surface area contributed by atoms with E-state index in [4.69, 9.17) is 0 Å². The van der Waals surface area contributed by atoms with Gasteiger partial charge in [-0.2, -0.15) is 0 Å². The Kier molecular flexibility index (Phi) is 5.91. The molecule has 1 aliphatic rings. The standard InChI is InChI=1S/C25H27N7O/c1-2-31-13-14-32(24-21-11-12-26-23(21)27-17-28-24)16-22(31)18-7-6-10-20(15-18)30-25(33)29-19-8-4-3-5-9-19/h3-12,15,17,22H,2,13-14,16H2,1H3,(H,26,27,28)(H2,29,30,33). The number of H-pyrrole nitrogens is 1. The molecular formula is C25H27N7O. The minimum Gasteiger partial charge on any atom is -0.353 e. The fourth-order valence-electron chi connectivity index (χ4n) is 4.46. The summed E-state index contributed by atoms with van der Waals surface area (Å²) >= 11 is 0. The summed E-state index contributed by atoms with van der Waals surface area (Å²) in [6, 6.07) is 19.5. The van der Waals surface area contributed by atoms with Gasteiger partial charge in [0.2, 0.25) is 0 Å². The number of carbonyl (C=O) groups excluding carboxylic acids is 1. The summed E-state index contributed by atoms with van der Waals surface area (Å²) in [5.41, 5.74) is 3.54. The van der Waals surface area contributed by atoms with Gasteiger partial charge < -0.3 is 20.5 Å². The molecule has 2 aromatic carbocycles. The second-order valence-electron chi connectivity index (χ2n) is 8.10. The number of amides is 2. The third kappa shape index (κ3) is 4.51. The highest BCUT2D eigenvalue weighted by Gasteiger charge is 2.29. The Bertz CT molecular complexity index is 1240. The van der Waals surface area contributed by atoms with Crippen molar-refractivity contribution in [1.82, 2.24) is 19.9 Å². The Morgan fingerprint density at radius 3 is 2.70 bits per heavy atom. The van der Waals surface area contributed by atoms with Crippen LogP contribution in [0.5, 0.6) is 0 Å². The van der Waals surface area contributed by atoms with Crippen LogP contribution in [0.4, 0.5) is 22.0 Å². The first-order valence-electron chi connectivity index (χ1n) is 11.2. The molecule has 1 fully saturated rings. The molecule has 8 nitrogen and oxygen atoms in total. The van der Waals surface area contributed by atoms with Crippen molar-refractivity contribution in [1.29, 1.82) is 0 Å². The largest absolute Gasteiger partial charge is 0.353 e. The van der Waals surface area contributed by atoms with Crippen LogP contribution in [-0.2, 0) is 0 Å². The molecule has 2 aromatic heterocycles. The summed E-state index contributed by atoms with van der Waals surface area (Å²) in [7, 11) is 0. The lowest BCUT2D eigenvalue weighted by Crippen LogP contribution is -2.48. The zero-order chi connectivity index (χ0) is 22.6. The lowest BCUT2D eigenvalue weighted by Gasteiger charge is -2.42. The average Bonchev–Trinajstić information content (AvgIpc) is 3.33. The maximum absolute atomic E-state index is 12.5. The highest BCUT2D eigenvalue weighted by atomic mass is 16.2. The first-order chi connectivity index (χ1) is 16.2. The van der Waals surface area contributed by atoms with Gasteiger partial charge in [0.25, 0.3) is 0 Å². The van der Waals surface area contributed by atoms with E-state index in [9.17, 15) is 4.79 Å². The predicted octanol–water partition coefficient (Wildman–Crippen LogP) is 4.49. The van der Waals surface area contributed by atoms with Gasteiger partial charge in [-0.1, -0.05) is 37.3 Å². The number of nitrogens with one attached hydrogen (secondary N) is 3. The molecule has 0 radical (unpaired) electrons. The molecule has 0 saturated carbocycles. The molecule has 168 valence electrons. The number of para-hydroxylation sites is 1. The fourth-order valence-corrected chi connectivity index (χ4v) is 4.46. The van der Waals surface area contributed by atoms with Crippen LogP contribution in [0.25, 0.3) is 11.0 Å². The van der Waals surface area contributed by atoms with Gasteiger partial charge in [-0.3, -0.25) is 4.90 Å². The molecule has 0 bridgehead atoms. The molecule has 33 heavy (non-hydrogen) atoms. The van der Waals surface area contributed by atoms with Gasteiger partial charge in [0.1, 0.15) is 17.8 Å². The van der Waals surface area contributed by atoms with Crippen LogP contribution in [-0.4, -0.2) is 52.1 Å². The van der Waals surface area contributed by atoms with Gasteiger partial charge in [-0.15, -0.1) is 0 Å². The molecule has 0 aliphatic carbocycles. The average molecular weight is 442 g/mol. The number of likely N-dealkylation sites (N-methyl/N-ethyl adjacent to an activating group) is 1. The van der Waals surface area contributed by atoms with Crippen LogP contribution in [0.3, 0.4) is 0 Å². The number of hydrogen-bond acceptors (Lipinski definition) is 5. The number of fused-ring (bicyclic) bond motifs is 1. The summed E-state index contributed by atoms with van der Waals surface area (Å²) in [5, 5.41) is 6.86. The number of nitrogens with zero attached hydrogens (tertiary/aromatic N) is 4. The van der Waals surface area contributed by atoms with E-state index in [1.165, 1.54) is 5.56 Å². The van der Waals surface area contributed by atoms with Crippen LogP contribution >= 0.6 is 0 Å². The first kappa shape index (κ1) is 21.0. The monoisotopic (exact) mass is 441 g/mol. The van der Waals surface area contributed by atoms with Gasteiger partial charge >= 0.3 is 6.03 Å². The molecule has 1 unspecified atom stereocenters. The molecule has 3 heterocycles. The number of aromatic nitrogens is 3. The van der Waals surface area contributed by atoms with Gasteiger partial charge in [0.15, 0.2) is 0 Å². The number of hydrogen-bond donors (Lipinski definition) is 3. The molecule has 3 N–H and O–H groups in total. The van der Waals surface area contributed by atoms with E-state index in [1.807, 2.05) is 54.7 Å². The normalized spacial score (nSPS) is 16.6. The smallest absolute Gasteiger partial charge is 0.323 e. The van der Waals surface area contributed by atoms with Crippen molar-refractivity contribution in [2.45, 2.75) is 13.0 Å². The van der Waals surface area contributed by atoms with Gasteiger partial charge in [-0.25, -0.2) is 14.8 Å². The Balaban J connectivity index is 1.35. The molecule has 2 amide bonds. The van der Waals surface area contributed by atoms with Crippen molar-refractivity contribution in [2.75, 3.05) is 41.7 Å². The minimum atomic E-state index is -0.258. The van der Waals surface area contributed by atoms with Crippen LogP contribution in [0, 0.1) is 0 Å². The number of anilines is 3. The maximum Gasteiger partial charge on any atom is 0.323 e. The molecule has 0 spiro atoms. The van der Waals surface area contributed by atoms with Crippen LogP contribution in [0.2, 0.25) is 0 Å². The van der Waals surface area contributed by atoms with Crippen LogP contribution in [0.15, 0.2) is 73.2 Å². The summed E-state index contributed by atoms with van der Waals surface area (Å²) in [4.78, 5) is 29.3. The van der Waals surface area contributed by atoms with Crippen molar-refractivity contribution in [3.8, 4) is 0 Å². The highest BCUT2D eigenvalue weighted by Crippen LogP contribution is 2.31. The van der Waals surface area contributed by atoms with E-state index in [2.05, 4.69) is 54.4 Å². The Hall–Kier alpha value is -3.91. The van der Waals surface area contributed by atoms with Crippen molar-refractivity contribution in [2.24, 2.45) is 0 Å². The van der Waals surface area contributed by atoms with Crippen molar-refractivity contribution in [3.63, 3.8) is 0 Å². The Labute approximate surface area is 192 Å². The molecular weight excluding hydrogens is 414 g/mol. The van der Waals surface area contributed by atoms with Gasteiger partial charge in [0, 0.05) is 37.2 Å². The predicted molar refractivity (Wildman–Crippen MR) is 132 cm³/mol. The Morgan fingerprint density at radius 2 is 1.85 bits per heavy atom. The Morgan fingerprint density at radius 1 is 1.03 bits per heavy atom. The topological polar surface area (TPSA) is 89.2 Å². The van der Waals surface area contributed by atoms with E-state index < -0.39 is 0 Å². The van der Waals surface area contributed by atoms with Crippen molar-refractivity contribution < 1.29 is 4.79 Å². The van der Waals surface area contributed by atoms with Gasteiger partial charge in [0.05, 0.1) is 11.4 Å². The zero-order valence-electron chi connectivity index (χ0n) is 18.5. The summed E-state index contributed by atoms with van der Waals surface area (Å²) in [5.74, 6) is 0.957. The fraction of sp³-hybridized carbons (Fsp3) is 0.240. The third-order valence-electron chi connectivity index (χ3n) is 6.09. The number of benzene rings is 2. The van der Waals surface area contributed by atoms with E-state index in [-0.39, 0.29) is 12.1 Å². The summed E-state index contributed by atoms with van der Waals surface area (Å²) in [6.07, 6.45) is 3.52. The number of piperazine rings is 1. The van der Waals surface area contributed by atoms with E-state index in [1.54, 1.807) is 6.33 Å². The SMILES string of the molecule is CCN1CCN(c2ncnc3[nH]ccc23)CC1c1cccc(NC(=O)Nc2ccccc2)c1. The minimum absolute atomic E-state index is 0.187. The molecule has 1 aliphatic heterocycles. The highest BCUT2D eigenvalue weighted by molar-refractivity contribution is 5.99. The number of aromatic amines is 1. The molecule has 5 rings (SSSR count). The number of rotatable bonds is 5. The van der Waals surface area contributed by atoms with Crippen molar-refractivity contribution in [3.05, 3.63) is 78.8 Å². The number of urea groups is 1. The van der Waals surface area contributed by atoms with Crippen molar-refractivity contribution >= 4 is 34.3 Å².